The van der Waals surface area contributed by atoms with Crippen LogP contribution in [0.25, 0.3) is 0 Å². The Morgan fingerprint density at radius 1 is 1.07 bits per heavy atom. The van der Waals surface area contributed by atoms with E-state index in [4.69, 9.17) is 25.3 Å². The zero-order valence-electron chi connectivity index (χ0n) is 31.5. The molecular weight excluding hydrogens is 378 g/mol. The fourth-order valence-electron chi connectivity index (χ4n) is 2.34. The van der Waals surface area contributed by atoms with Gasteiger partial charge in [-0.15, -0.1) is 0 Å². The van der Waals surface area contributed by atoms with Crippen LogP contribution in [0.1, 0.15) is 81.8 Å². The zero-order chi connectivity index (χ0) is 34.8. The van der Waals surface area contributed by atoms with Crippen molar-refractivity contribution in [2.45, 2.75) is 57.5 Å². The van der Waals surface area contributed by atoms with Crippen molar-refractivity contribution < 1.29 is 40.6 Å². The molecule has 1 unspecified atom stereocenters. The fourth-order valence-corrected chi connectivity index (χ4v) is 2.34. The molecule has 0 saturated heterocycles. The molecule has 0 fully saturated rings. The Hall–Kier alpha value is -1.92. The van der Waals surface area contributed by atoms with Crippen LogP contribution in [0, 0.1) is 0 Å². The molecule has 0 bridgehead atoms. The number of benzene rings is 2. The van der Waals surface area contributed by atoms with Gasteiger partial charge in [-0.3, -0.25) is 0 Å². The predicted molar refractivity (Wildman–Crippen MR) is 121 cm³/mol. The molecule has 30 heavy (non-hydrogen) atoms. The van der Waals surface area contributed by atoms with Crippen LogP contribution < -0.4 is 5.32 Å². The second kappa shape index (κ2) is 15.0. The molecule has 5 nitrogen and oxygen atoms in total. The number of aliphatic hydroxyl groups is 2. The number of phenols is 1. The Labute approximate surface area is 201 Å². The molecule has 0 aliphatic rings. The van der Waals surface area contributed by atoms with E-state index in [2.05, 4.69) is 5.32 Å². The van der Waals surface area contributed by atoms with Crippen molar-refractivity contribution in [1.82, 2.24) is 5.32 Å². The highest BCUT2D eigenvalue weighted by Crippen LogP contribution is 2.22. The van der Waals surface area contributed by atoms with Crippen LogP contribution in [0.3, 0.4) is 0 Å². The lowest BCUT2D eigenvalue weighted by atomic mass is 10.1. The summed E-state index contributed by atoms with van der Waals surface area (Å²) in [6.07, 6.45) is -13.2. The highest BCUT2D eigenvalue weighted by Gasteiger charge is 2.09. The molecule has 4 N–H and O–H groups in total. The molecule has 0 radical (unpaired) electrons. The number of hydrogen-bond donors (Lipinski definition) is 4. The summed E-state index contributed by atoms with van der Waals surface area (Å²) in [7, 11) is 0. The van der Waals surface area contributed by atoms with E-state index in [1.54, 1.807) is 0 Å². The minimum Gasteiger partial charge on any atom is -0.508 e. The van der Waals surface area contributed by atoms with E-state index in [1.165, 1.54) is 18.2 Å². The topological polar surface area (TPSA) is 82.0 Å². The Morgan fingerprint density at radius 2 is 1.87 bits per heavy atom. The van der Waals surface area contributed by atoms with E-state index in [9.17, 15) is 15.3 Å². The van der Waals surface area contributed by atoms with E-state index < -0.39 is 75.5 Å². The summed E-state index contributed by atoms with van der Waals surface area (Å²) in [5.41, 5.74) is -0.412. The molecule has 2 aromatic rings. The summed E-state index contributed by atoms with van der Waals surface area (Å²) >= 11 is 0. The van der Waals surface area contributed by atoms with Crippen LogP contribution in [0.5, 0.6) is 5.75 Å². The van der Waals surface area contributed by atoms with Crippen molar-refractivity contribution in [3.8, 4) is 5.75 Å². The summed E-state index contributed by atoms with van der Waals surface area (Å²) in [5.74, 6) is -0.161. The summed E-state index contributed by atoms with van der Waals surface area (Å²) < 4.78 is 126. The van der Waals surface area contributed by atoms with Gasteiger partial charge in [0.2, 0.25) is 0 Å². The fraction of sp³-hybridized carbons (Fsp3) is 0.520. The van der Waals surface area contributed by atoms with Gasteiger partial charge in [0.15, 0.2) is 0 Å². The molecule has 2 rings (SSSR count). The van der Waals surface area contributed by atoms with E-state index in [-0.39, 0.29) is 43.2 Å². The highest BCUT2D eigenvalue weighted by molar-refractivity contribution is 5.36. The van der Waals surface area contributed by atoms with E-state index in [1.807, 2.05) is 0 Å². The Balaban J connectivity index is 2.03. The van der Waals surface area contributed by atoms with E-state index in [0.717, 1.165) is 12.1 Å². The Morgan fingerprint density at radius 3 is 2.67 bits per heavy atom. The third kappa shape index (κ3) is 9.72. The van der Waals surface area contributed by atoms with Gasteiger partial charge in [0.25, 0.3) is 0 Å². The summed E-state index contributed by atoms with van der Waals surface area (Å²) in [5, 5.41) is 31.8. The van der Waals surface area contributed by atoms with Crippen molar-refractivity contribution in [3.05, 3.63) is 65.1 Å². The first-order valence-electron chi connectivity index (χ1n) is 17.0. The van der Waals surface area contributed by atoms with Gasteiger partial charge in [-0.2, -0.15) is 0 Å². The third-order valence-electron chi connectivity index (χ3n) is 3.93. The van der Waals surface area contributed by atoms with Gasteiger partial charge in [0, 0.05) is 36.2 Å². The van der Waals surface area contributed by atoms with Crippen molar-refractivity contribution in [1.29, 1.82) is 0 Å². The molecular formula is C25H37NO4. The van der Waals surface area contributed by atoms with Crippen LogP contribution in [-0.4, -0.2) is 41.5 Å². The normalized spacial score (nSPS) is 22.4. The number of unbranched alkanes of at least 4 members (excludes halogenated alkanes) is 1. The second-order valence-corrected chi connectivity index (χ2v) is 6.17. The molecule has 0 heterocycles. The van der Waals surface area contributed by atoms with Gasteiger partial charge in [-0.25, -0.2) is 0 Å². The maximum atomic E-state index is 10.4. The second-order valence-electron chi connectivity index (χ2n) is 6.17. The largest absolute Gasteiger partial charge is 0.508 e. The number of aliphatic hydroxyl groups excluding tert-OH is 2. The first-order valence-corrected chi connectivity index (χ1v) is 9.46. The quantitative estimate of drug-likeness (QED) is 0.301. The molecule has 2 aromatic carbocycles. The minimum absolute atomic E-state index is 0.0245. The smallest absolute Gasteiger partial charge is 0.121 e. The molecule has 166 valence electrons. The lowest BCUT2D eigenvalue weighted by Crippen LogP contribution is -2.22. The Bertz CT molecular complexity index is 1300. The standard InChI is InChI=1S/C25H37NO4/c27-20-23-18-22(13-14-24(23)28)25(29)19-26-15-7-1-2-8-16-30-17-9-6-12-21-10-4-3-5-11-21/h3-5,10-11,13-14,18,25-29H,1-2,6-9,12,15-17,19-20H2/i3D,6D2,9D2,10D,11D,12D2,15D2,16D2,17D2. The zero-order valence-corrected chi connectivity index (χ0v) is 16.5. The van der Waals surface area contributed by atoms with Gasteiger partial charge >= 0.3 is 0 Å². The number of nitrogens with one attached hydrogen (secondary N) is 1. The van der Waals surface area contributed by atoms with Crippen molar-refractivity contribution in [2.24, 2.45) is 0 Å². The molecule has 5 heteroatoms. The summed E-state index contributed by atoms with van der Waals surface area (Å²) in [6, 6.07) is 3.83. The van der Waals surface area contributed by atoms with Crippen LogP contribution in [-0.2, 0) is 17.7 Å². The van der Waals surface area contributed by atoms with Gasteiger partial charge < -0.3 is 25.4 Å². The molecule has 0 amide bonds. The lowest BCUT2D eigenvalue weighted by molar-refractivity contribution is 0.126. The molecule has 0 saturated carbocycles. The van der Waals surface area contributed by atoms with Crippen molar-refractivity contribution in [3.63, 3.8) is 0 Å². The predicted octanol–water partition coefficient (Wildman–Crippen LogP) is 4.11. The van der Waals surface area contributed by atoms with Crippen molar-refractivity contribution >= 4 is 0 Å². The highest BCUT2D eigenvalue weighted by atomic mass is 16.5. The van der Waals surface area contributed by atoms with Gasteiger partial charge in [-0.05, 0) is 61.7 Å². The Kier molecular flexibility index (Phi) is 5.29. The van der Waals surface area contributed by atoms with Crippen LogP contribution in [0.4, 0.5) is 0 Å². The van der Waals surface area contributed by atoms with Crippen molar-refractivity contribution in [2.75, 3.05) is 26.2 Å². The lowest BCUT2D eigenvalue weighted by Gasteiger charge is -2.14. The number of rotatable bonds is 16. The van der Waals surface area contributed by atoms with Crippen LogP contribution >= 0.6 is 0 Å². The maximum absolute atomic E-state index is 10.4. The summed E-state index contributed by atoms with van der Waals surface area (Å²) in [4.78, 5) is 0. The average Bonchev–Trinajstić information content (AvgIpc) is 2.88. The monoisotopic (exact) mass is 430 g/mol. The first kappa shape index (κ1) is 10.6. The number of ether oxygens (including phenoxy) is 1. The minimum atomic E-state index is -3.88. The van der Waals surface area contributed by atoms with Gasteiger partial charge in [-0.1, -0.05) is 49.2 Å². The van der Waals surface area contributed by atoms with E-state index >= 15 is 0 Å². The molecule has 0 aliphatic heterocycles. The van der Waals surface area contributed by atoms with Gasteiger partial charge in [0.1, 0.15) is 5.75 Å². The average molecular weight is 431 g/mol. The molecule has 0 spiro atoms. The van der Waals surface area contributed by atoms with E-state index in [0.29, 0.717) is 5.56 Å². The number of aromatic hydroxyl groups is 1. The summed E-state index contributed by atoms with van der Waals surface area (Å²) in [6.45, 7) is -9.43. The third-order valence-corrected chi connectivity index (χ3v) is 3.93. The first-order chi connectivity index (χ1) is 20.3. The molecule has 0 aromatic heterocycles. The molecule has 0 aliphatic carbocycles. The maximum Gasteiger partial charge on any atom is 0.121 e. The van der Waals surface area contributed by atoms with Crippen LogP contribution in [0.2, 0.25) is 0 Å². The van der Waals surface area contributed by atoms with Gasteiger partial charge in [0.05, 0.1) is 22.3 Å². The number of hydrogen-bond acceptors (Lipinski definition) is 5. The molecule has 1 atom stereocenters. The SMILES string of the molecule is [2H]c1cc([2H])c(C([2H])([2H])C([2H])([2H])C([2H])([2H])C([2H])([2H])OC([2H])([2H])CCCCC([2H])([2H])NCC(O)c2ccc(O)c(CO)c2)c([2H])c1. The van der Waals surface area contributed by atoms with Crippen LogP contribution in [0.15, 0.2) is 48.5 Å².